The topological polar surface area (TPSA) is 26.0 Å². The van der Waals surface area contributed by atoms with Crippen molar-refractivity contribution >= 4 is 12.4 Å². The number of nitrogens with two attached hydrogens (primary N) is 1. The molecular weight excluding hydrogens is 266 g/mol. The van der Waals surface area contributed by atoms with Gasteiger partial charge in [-0.1, -0.05) is 96.5 Å². The Kier molecular flexibility index (Phi) is 23.4. The first-order valence-corrected chi connectivity index (χ1v) is 8.78. The quantitative estimate of drug-likeness (QED) is 0.333. The lowest BCUT2D eigenvalue weighted by Gasteiger charge is -2.02. The molecule has 0 rings (SSSR count). The fourth-order valence-electron chi connectivity index (χ4n) is 2.55. The van der Waals surface area contributed by atoms with E-state index < -0.39 is 0 Å². The van der Waals surface area contributed by atoms with Crippen LogP contribution in [0.2, 0.25) is 0 Å². The number of rotatable bonds is 15. The Labute approximate surface area is 134 Å². The molecule has 0 aromatic heterocycles. The van der Waals surface area contributed by atoms with Gasteiger partial charge in [-0.25, -0.2) is 0 Å². The van der Waals surface area contributed by atoms with Crippen molar-refractivity contribution in [1.29, 1.82) is 0 Å². The molecule has 2 N–H and O–H groups in total. The maximum absolute atomic E-state index is 5.30. The van der Waals surface area contributed by atoms with Crippen LogP contribution in [0.4, 0.5) is 0 Å². The van der Waals surface area contributed by atoms with E-state index >= 15 is 0 Å². The summed E-state index contributed by atoms with van der Waals surface area (Å²) in [6, 6.07) is 0. The van der Waals surface area contributed by atoms with Gasteiger partial charge in [0.25, 0.3) is 0 Å². The second kappa shape index (κ2) is 21.1. The highest BCUT2D eigenvalue weighted by atomic mass is 35.5. The molecular formula is C18H38ClN. The maximum Gasteiger partial charge on any atom is -0.0103 e. The summed E-state index contributed by atoms with van der Waals surface area (Å²) in [6.45, 7) is 2.29. The standard InChI is InChI=1S/C18H37N.ClH/c1-2-3-4-5-6-7-8-9-10-11-12-13-14-15-16-17-18-19;/h17-18H,2-16,19H2,1H3;1H. The molecule has 0 aliphatic rings. The number of allylic oxidation sites excluding steroid dienone is 1. The predicted octanol–water partition coefficient (Wildman–Crippen LogP) is 6.75. The van der Waals surface area contributed by atoms with Crippen LogP contribution in [0.15, 0.2) is 12.3 Å². The molecule has 0 aromatic rings. The Morgan fingerprint density at radius 1 is 0.600 bits per heavy atom. The van der Waals surface area contributed by atoms with Crippen LogP contribution in [-0.2, 0) is 0 Å². The van der Waals surface area contributed by atoms with Gasteiger partial charge in [-0.15, -0.1) is 12.4 Å². The van der Waals surface area contributed by atoms with E-state index in [0.717, 1.165) is 6.42 Å². The summed E-state index contributed by atoms with van der Waals surface area (Å²) in [5, 5.41) is 0. The highest BCUT2D eigenvalue weighted by Crippen LogP contribution is 2.13. The van der Waals surface area contributed by atoms with Crippen LogP contribution in [0.25, 0.3) is 0 Å². The third kappa shape index (κ3) is 20.2. The first-order valence-electron chi connectivity index (χ1n) is 8.78. The minimum atomic E-state index is 0. The molecule has 0 unspecified atom stereocenters. The van der Waals surface area contributed by atoms with Crippen molar-refractivity contribution in [3.05, 3.63) is 12.3 Å². The highest BCUT2D eigenvalue weighted by Gasteiger charge is 1.93. The molecule has 0 radical (unpaired) electrons. The summed E-state index contributed by atoms with van der Waals surface area (Å²) in [5.74, 6) is 0. The van der Waals surface area contributed by atoms with E-state index in [0.29, 0.717) is 0 Å². The lowest BCUT2D eigenvalue weighted by molar-refractivity contribution is 0.536. The zero-order valence-electron chi connectivity index (χ0n) is 13.7. The second-order valence-corrected chi connectivity index (χ2v) is 5.81. The zero-order chi connectivity index (χ0) is 14.0. The molecule has 0 aliphatic carbocycles. The van der Waals surface area contributed by atoms with Gasteiger partial charge in [0.05, 0.1) is 0 Å². The molecule has 0 aliphatic heterocycles. The molecule has 0 saturated heterocycles. The van der Waals surface area contributed by atoms with Crippen LogP contribution in [0.3, 0.4) is 0 Å². The molecule has 0 fully saturated rings. The average Bonchev–Trinajstić information content (AvgIpc) is 2.43. The summed E-state index contributed by atoms with van der Waals surface area (Å²) in [4.78, 5) is 0. The largest absolute Gasteiger partial charge is 0.405 e. The van der Waals surface area contributed by atoms with E-state index in [9.17, 15) is 0 Å². The van der Waals surface area contributed by atoms with Gasteiger partial charge in [-0.2, -0.15) is 0 Å². The van der Waals surface area contributed by atoms with Crippen molar-refractivity contribution < 1.29 is 0 Å². The van der Waals surface area contributed by atoms with Gasteiger partial charge in [0.1, 0.15) is 0 Å². The van der Waals surface area contributed by atoms with E-state index in [1.54, 1.807) is 6.20 Å². The fraction of sp³-hybridized carbons (Fsp3) is 0.889. The zero-order valence-corrected chi connectivity index (χ0v) is 14.6. The van der Waals surface area contributed by atoms with Crippen molar-refractivity contribution in [1.82, 2.24) is 0 Å². The minimum absolute atomic E-state index is 0. The highest BCUT2D eigenvalue weighted by molar-refractivity contribution is 5.85. The van der Waals surface area contributed by atoms with Gasteiger partial charge in [0.2, 0.25) is 0 Å². The van der Waals surface area contributed by atoms with Crippen molar-refractivity contribution in [2.75, 3.05) is 0 Å². The summed E-state index contributed by atoms with van der Waals surface area (Å²) in [7, 11) is 0. The van der Waals surface area contributed by atoms with Crippen LogP contribution < -0.4 is 5.73 Å². The van der Waals surface area contributed by atoms with Gasteiger partial charge in [0.15, 0.2) is 0 Å². The van der Waals surface area contributed by atoms with Gasteiger partial charge in [-0.05, 0) is 19.0 Å². The van der Waals surface area contributed by atoms with E-state index in [4.69, 9.17) is 5.73 Å². The van der Waals surface area contributed by atoms with Crippen molar-refractivity contribution in [2.45, 2.75) is 103 Å². The monoisotopic (exact) mass is 303 g/mol. The van der Waals surface area contributed by atoms with Crippen molar-refractivity contribution in [3.63, 3.8) is 0 Å². The normalized spacial score (nSPS) is 10.8. The third-order valence-corrected chi connectivity index (χ3v) is 3.86. The second-order valence-electron chi connectivity index (χ2n) is 5.81. The van der Waals surface area contributed by atoms with Crippen LogP contribution in [-0.4, -0.2) is 0 Å². The van der Waals surface area contributed by atoms with Crippen molar-refractivity contribution in [2.24, 2.45) is 5.73 Å². The summed E-state index contributed by atoms with van der Waals surface area (Å²) in [5.41, 5.74) is 5.30. The molecule has 0 spiro atoms. The number of hydrogen-bond acceptors (Lipinski definition) is 1. The minimum Gasteiger partial charge on any atom is -0.405 e. The molecule has 122 valence electrons. The Hall–Kier alpha value is -0.170. The molecule has 0 heterocycles. The van der Waals surface area contributed by atoms with Gasteiger partial charge in [0, 0.05) is 0 Å². The van der Waals surface area contributed by atoms with Crippen LogP contribution >= 0.6 is 12.4 Å². The summed E-state index contributed by atoms with van der Waals surface area (Å²) >= 11 is 0. The van der Waals surface area contributed by atoms with Crippen LogP contribution in [0, 0.1) is 0 Å². The molecule has 1 nitrogen and oxygen atoms in total. The third-order valence-electron chi connectivity index (χ3n) is 3.86. The average molecular weight is 304 g/mol. The number of halogens is 1. The van der Waals surface area contributed by atoms with Crippen LogP contribution in [0.5, 0.6) is 0 Å². The van der Waals surface area contributed by atoms with Crippen LogP contribution in [0.1, 0.15) is 103 Å². The first-order chi connectivity index (χ1) is 9.41. The molecule has 0 bridgehead atoms. The van der Waals surface area contributed by atoms with E-state index in [1.165, 1.54) is 89.9 Å². The van der Waals surface area contributed by atoms with Gasteiger partial charge >= 0.3 is 0 Å². The molecule has 0 atom stereocenters. The van der Waals surface area contributed by atoms with E-state index in [1.807, 2.05) is 0 Å². The Balaban J connectivity index is 0. The Morgan fingerprint density at radius 2 is 0.950 bits per heavy atom. The Bertz CT molecular complexity index is 180. The van der Waals surface area contributed by atoms with E-state index in [-0.39, 0.29) is 12.4 Å². The molecule has 0 amide bonds. The van der Waals surface area contributed by atoms with Gasteiger partial charge < -0.3 is 5.73 Å². The molecule has 20 heavy (non-hydrogen) atoms. The Morgan fingerprint density at radius 3 is 1.30 bits per heavy atom. The van der Waals surface area contributed by atoms with Gasteiger partial charge in [-0.3, -0.25) is 0 Å². The lowest BCUT2D eigenvalue weighted by Crippen LogP contribution is -1.83. The van der Waals surface area contributed by atoms with Crippen molar-refractivity contribution in [3.8, 4) is 0 Å². The maximum atomic E-state index is 5.30. The summed E-state index contributed by atoms with van der Waals surface area (Å²) < 4.78 is 0. The smallest absolute Gasteiger partial charge is 0.0103 e. The fourth-order valence-corrected chi connectivity index (χ4v) is 2.55. The lowest BCUT2D eigenvalue weighted by atomic mass is 10.0. The number of hydrogen-bond donors (Lipinski definition) is 1. The molecule has 2 heteroatoms. The molecule has 0 aromatic carbocycles. The van der Waals surface area contributed by atoms with E-state index in [2.05, 4.69) is 13.0 Å². The predicted molar refractivity (Wildman–Crippen MR) is 95.5 cm³/mol. The number of unbranched alkanes of at least 4 members (excludes halogenated alkanes) is 14. The first kappa shape index (κ1) is 22.1. The summed E-state index contributed by atoms with van der Waals surface area (Å²) in [6.07, 6.45) is 24.9. The SMILES string of the molecule is CCCCCCCCCCCCCCCCC=CN.Cl. The molecule has 0 saturated carbocycles.